The molecule has 1 saturated carbocycles. The Kier molecular flexibility index (Phi) is 7.56. The number of nitrogens with one attached hydrogen (secondary N) is 2. The fraction of sp³-hybridized carbons (Fsp3) is 0.625. The smallest absolute Gasteiger partial charge is 0.222 e. The van der Waals surface area contributed by atoms with Crippen molar-refractivity contribution in [2.75, 3.05) is 19.6 Å². The molecule has 6 nitrogen and oxygen atoms in total. The van der Waals surface area contributed by atoms with E-state index in [1.807, 2.05) is 16.7 Å². The Morgan fingerprint density at radius 2 is 1.84 bits per heavy atom. The molecule has 2 heterocycles. The van der Waals surface area contributed by atoms with Gasteiger partial charge in [0.2, 0.25) is 5.91 Å². The highest BCUT2D eigenvalue weighted by molar-refractivity contribution is 7.71. The maximum absolute atomic E-state index is 12.6. The van der Waals surface area contributed by atoms with Crippen LogP contribution in [-0.4, -0.2) is 51.2 Å². The normalized spacial score (nSPS) is 18.9. The molecule has 1 aromatic heterocycles. The summed E-state index contributed by atoms with van der Waals surface area (Å²) < 4.78 is 2.48. The van der Waals surface area contributed by atoms with Crippen LogP contribution in [-0.2, 0) is 11.3 Å². The number of H-pyrrole nitrogens is 1. The minimum Gasteiger partial charge on any atom is -0.353 e. The van der Waals surface area contributed by atoms with E-state index < -0.39 is 0 Å². The number of nitrogens with zero attached hydrogens (tertiary/aromatic N) is 3. The summed E-state index contributed by atoms with van der Waals surface area (Å²) in [4.78, 5) is 15.2. The van der Waals surface area contributed by atoms with E-state index in [4.69, 9.17) is 12.2 Å². The van der Waals surface area contributed by atoms with E-state index in [-0.39, 0.29) is 5.91 Å². The molecule has 2 aromatic rings. The number of amides is 1. The van der Waals surface area contributed by atoms with Gasteiger partial charge in [-0.2, -0.15) is 5.10 Å². The molecule has 2 N–H and O–H groups in total. The Bertz CT molecular complexity index is 905. The average molecular weight is 442 g/mol. The molecule has 168 valence electrons. The summed E-state index contributed by atoms with van der Waals surface area (Å²) in [6.45, 7) is 6.05. The van der Waals surface area contributed by atoms with Crippen molar-refractivity contribution in [3.63, 3.8) is 0 Å². The maximum Gasteiger partial charge on any atom is 0.222 e. The standard InChI is InChI=1S/C24H35N5OS/c1-18-7-9-20(10-8-18)23-26-27-24(31)29(23)16-13-22(30)25-21-11-14-28(15-12-21)17-19-5-3-2-4-6-19/h7-10,19,21H,2-6,11-17H2,1H3,(H,25,30)(H,27,31). The Morgan fingerprint density at radius 1 is 1.13 bits per heavy atom. The van der Waals surface area contributed by atoms with Crippen LogP contribution < -0.4 is 5.32 Å². The van der Waals surface area contributed by atoms with E-state index in [9.17, 15) is 4.79 Å². The van der Waals surface area contributed by atoms with Gasteiger partial charge in [0.05, 0.1) is 0 Å². The van der Waals surface area contributed by atoms with E-state index in [0.717, 1.165) is 43.2 Å². The van der Waals surface area contributed by atoms with Gasteiger partial charge in [-0.05, 0) is 50.7 Å². The highest BCUT2D eigenvalue weighted by Gasteiger charge is 2.23. The molecule has 2 aliphatic rings. The van der Waals surface area contributed by atoms with Crippen LogP contribution in [0.1, 0.15) is 56.9 Å². The summed E-state index contributed by atoms with van der Waals surface area (Å²) in [7, 11) is 0. The van der Waals surface area contributed by atoms with Gasteiger partial charge in [-0.25, -0.2) is 0 Å². The van der Waals surface area contributed by atoms with E-state index in [1.54, 1.807) is 0 Å². The molecule has 0 atom stereocenters. The lowest BCUT2D eigenvalue weighted by Gasteiger charge is -2.35. The lowest BCUT2D eigenvalue weighted by atomic mass is 9.88. The highest BCUT2D eigenvalue weighted by atomic mass is 32.1. The van der Waals surface area contributed by atoms with E-state index in [0.29, 0.717) is 23.8 Å². The number of hydrogen-bond acceptors (Lipinski definition) is 4. The van der Waals surface area contributed by atoms with Gasteiger partial charge < -0.3 is 10.2 Å². The van der Waals surface area contributed by atoms with Gasteiger partial charge in [0.25, 0.3) is 0 Å². The van der Waals surface area contributed by atoms with Crippen molar-refractivity contribution in [2.45, 2.75) is 70.9 Å². The van der Waals surface area contributed by atoms with Crippen molar-refractivity contribution in [1.29, 1.82) is 0 Å². The predicted molar refractivity (Wildman–Crippen MR) is 126 cm³/mol. The summed E-state index contributed by atoms with van der Waals surface area (Å²) in [5, 5.41) is 10.5. The number of carbonyl (C=O) groups excluding carboxylic acids is 1. The molecule has 0 bridgehead atoms. The van der Waals surface area contributed by atoms with Crippen LogP contribution in [0.3, 0.4) is 0 Å². The molecule has 1 amide bonds. The second-order valence-electron chi connectivity index (χ2n) is 9.27. The van der Waals surface area contributed by atoms with Crippen LogP contribution in [0.4, 0.5) is 0 Å². The predicted octanol–water partition coefficient (Wildman–Crippen LogP) is 4.47. The molecular weight excluding hydrogens is 406 g/mol. The number of hydrogen-bond donors (Lipinski definition) is 2. The van der Waals surface area contributed by atoms with E-state index in [2.05, 4.69) is 39.5 Å². The summed E-state index contributed by atoms with van der Waals surface area (Å²) in [6.07, 6.45) is 9.55. The zero-order chi connectivity index (χ0) is 21.6. The van der Waals surface area contributed by atoms with Crippen LogP contribution in [0.5, 0.6) is 0 Å². The zero-order valence-electron chi connectivity index (χ0n) is 18.6. The molecule has 0 radical (unpaired) electrons. The zero-order valence-corrected chi connectivity index (χ0v) is 19.4. The first-order chi connectivity index (χ1) is 15.1. The van der Waals surface area contributed by atoms with Gasteiger partial charge in [-0.3, -0.25) is 14.5 Å². The fourth-order valence-electron chi connectivity index (χ4n) is 4.96. The minimum atomic E-state index is 0.101. The summed E-state index contributed by atoms with van der Waals surface area (Å²) in [5.41, 5.74) is 2.21. The first-order valence-electron chi connectivity index (χ1n) is 11.8. The summed E-state index contributed by atoms with van der Waals surface area (Å²) >= 11 is 5.40. The third kappa shape index (κ3) is 6.04. The third-order valence-corrected chi connectivity index (χ3v) is 7.14. The molecule has 1 aliphatic carbocycles. The number of likely N-dealkylation sites (tertiary alicyclic amines) is 1. The molecule has 0 unspecified atom stereocenters. The average Bonchev–Trinajstić information content (AvgIpc) is 3.15. The molecule has 7 heteroatoms. The fourth-order valence-corrected chi connectivity index (χ4v) is 5.18. The number of aryl methyl sites for hydroxylation is 1. The van der Waals surface area contributed by atoms with Crippen LogP contribution in [0.15, 0.2) is 24.3 Å². The van der Waals surface area contributed by atoms with Gasteiger partial charge in [-0.15, -0.1) is 0 Å². The van der Waals surface area contributed by atoms with Crippen LogP contribution in [0.25, 0.3) is 11.4 Å². The number of aromatic amines is 1. The van der Waals surface area contributed by atoms with Crippen molar-refractivity contribution < 1.29 is 4.79 Å². The Hall–Kier alpha value is -1.99. The molecule has 0 spiro atoms. The largest absolute Gasteiger partial charge is 0.353 e. The summed E-state index contributed by atoms with van der Waals surface area (Å²) in [5.74, 6) is 1.78. The summed E-state index contributed by atoms with van der Waals surface area (Å²) in [6, 6.07) is 8.50. The molecule has 1 saturated heterocycles. The topological polar surface area (TPSA) is 66.0 Å². The van der Waals surface area contributed by atoms with Crippen molar-refractivity contribution in [3.8, 4) is 11.4 Å². The molecule has 4 rings (SSSR count). The lowest BCUT2D eigenvalue weighted by molar-refractivity contribution is -0.122. The lowest BCUT2D eigenvalue weighted by Crippen LogP contribution is -2.46. The maximum atomic E-state index is 12.6. The van der Waals surface area contributed by atoms with Crippen LogP contribution in [0.2, 0.25) is 0 Å². The quantitative estimate of drug-likeness (QED) is 0.622. The number of benzene rings is 1. The Balaban J connectivity index is 1.24. The Morgan fingerprint density at radius 3 is 2.55 bits per heavy atom. The molecule has 31 heavy (non-hydrogen) atoms. The van der Waals surface area contributed by atoms with Crippen LogP contribution in [0, 0.1) is 17.6 Å². The number of piperidine rings is 1. The van der Waals surface area contributed by atoms with Gasteiger partial charge in [0, 0.05) is 44.2 Å². The van der Waals surface area contributed by atoms with Gasteiger partial charge in [0.15, 0.2) is 10.6 Å². The number of carbonyl (C=O) groups is 1. The Labute approximate surface area is 190 Å². The van der Waals surface area contributed by atoms with Crippen LogP contribution >= 0.6 is 12.2 Å². The third-order valence-electron chi connectivity index (χ3n) is 6.82. The van der Waals surface area contributed by atoms with Crippen molar-refractivity contribution in [3.05, 3.63) is 34.6 Å². The molecular formula is C24H35N5OS. The van der Waals surface area contributed by atoms with Gasteiger partial charge >= 0.3 is 0 Å². The monoisotopic (exact) mass is 441 g/mol. The van der Waals surface area contributed by atoms with Crippen molar-refractivity contribution in [2.24, 2.45) is 5.92 Å². The highest BCUT2D eigenvalue weighted by Crippen LogP contribution is 2.25. The number of rotatable bonds is 7. The first-order valence-corrected chi connectivity index (χ1v) is 12.2. The van der Waals surface area contributed by atoms with Crippen molar-refractivity contribution >= 4 is 18.1 Å². The molecule has 2 fully saturated rings. The second-order valence-corrected chi connectivity index (χ2v) is 9.65. The van der Waals surface area contributed by atoms with E-state index >= 15 is 0 Å². The van der Waals surface area contributed by atoms with Crippen molar-refractivity contribution in [1.82, 2.24) is 25.0 Å². The molecule has 1 aromatic carbocycles. The second kappa shape index (κ2) is 10.6. The van der Waals surface area contributed by atoms with Gasteiger partial charge in [0.1, 0.15) is 0 Å². The van der Waals surface area contributed by atoms with E-state index in [1.165, 1.54) is 44.2 Å². The first kappa shape index (κ1) is 22.2. The molecule has 1 aliphatic heterocycles. The SMILES string of the molecule is Cc1ccc(-c2n[nH]c(=S)n2CCC(=O)NC2CCN(CC3CCCCC3)CC2)cc1. The number of aromatic nitrogens is 3. The van der Waals surface area contributed by atoms with Gasteiger partial charge in [-0.1, -0.05) is 49.1 Å². The minimum absolute atomic E-state index is 0.101.